The maximum atomic E-state index is 12.5. The average Bonchev–Trinajstić information content (AvgIpc) is 2.30. The Balaban J connectivity index is 3.21. The molecule has 0 spiro atoms. The predicted octanol–water partition coefficient (Wildman–Crippen LogP) is 2.47. The Morgan fingerprint density at radius 2 is 1.62 bits per heavy atom. The summed E-state index contributed by atoms with van der Waals surface area (Å²) in [5.41, 5.74) is -0.525. The second-order valence-corrected chi connectivity index (χ2v) is 8.09. The van der Waals surface area contributed by atoms with Crippen molar-refractivity contribution in [3.63, 3.8) is 0 Å². The van der Waals surface area contributed by atoms with Gasteiger partial charge in [-0.25, -0.2) is 13.1 Å². The quantitative estimate of drug-likeness (QED) is 0.874. The fourth-order valence-electron chi connectivity index (χ4n) is 1.67. The second kappa shape index (κ2) is 5.42. The topological polar surface area (TPSA) is 83.5 Å². The largest absolute Gasteiger partial charge is 0.481 e. The third-order valence-corrected chi connectivity index (χ3v) is 5.93. The molecule has 0 aromatic heterocycles. The summed E-state index contributed by atoms with van der Waals surface area (Å²) in [6.45, 7) is 9.87. The van der Waals surface area contributed by atoms with Gasteiger partial charge in [0.05, 0.1) is 10.3 Å². The van der Waals surface area contributed by atoms with Crippen LogP contribution in [-0.2, 0) is 14.8 Å². The van der Waals surface area contributed by atoms with Crippen LogP contribution in [0.4, 0.5) is 0 Å². The van der Waals surface area contributed by atoms with Crippen LogP contribution in [0.25, 0.3) is 0 Å². The van der Waals surface area contributed by atoms with E-state index in [1.165, 1.54) is 19.9 Å². The lowest BCUT2D eigenvalue weighted by Gasteiger charge is -2.38. The SMILES string of the molecule is Cc1ccc(S(=O)(=O)NC(C)(C)C(C)(C)C(=O)O)cc1C. The Morgan fingerprint density at radius 3 is 2.05 bits per heavy atom. The van der Waals surface area contributed by atoms with Crippen molar-refractivity contribution in [1.29, 1.82) is 0 Å². The highest BCUT2D eigenvalue weighted by molar-refractivity contribution is 7.89. The summed E-state index contributed by atoms with van der Waals surface area (Å²) in [6, 6.07) is 4.84. The number of benzene rings is 1. The van der Waals surface area contributed by atoms with Gasteiger partial charge < -0.3 is 5.11 Å². The molecular weight excluding hydrogens is 290 g/mol. The molecule has 2 N–H and O–H groups in total. The van der Waals surface area contributed by atoms with Gasteiger partial charge in [-0.15, -0.1) is 0 Å². The van der Waals surface area contributed by atoms with E-state index in [1.807, 2.05) is 13.8 Å². The van der Waals surface area contributed by atoms with Gasteiger partial charge in [-0.3, -0.25) is 4.79 Å². The molecule has 0 aliphatic heterocycles. The van der Waals surface area contributed by atoms with Crippen LogP contribution in [0.2, 0.25) is 0 Å². The highest BCUT2D eigenvalue weighted by Crippen LogP contribution is 2.32. The number of sulfonamides is 1. The van der Waals surface area contributed by atoms with E-state index >= 15 is 0 Å². The first kappa shape index (κ1) is 17.7. The lowest BCUT2D eigenvalue weighted by Crippen LogP contribution is -2.56. The van der Waals surface area contributed by atoms with Crippen LogP contribution in [0.3, 0.4) is 0 Å². The Labute approximate surface area is 126 Å². The van der Waals surface area contributed by atoms with Gasteiger partial charge in [0.2, 0.25) is 10.0 Å². The van der Waals surface area contributed by atoms with Crippen molar-refractivity contribution >= 4 is 16.0 Å². The van der Waals surface area contributed by atoms with Crippen molar-refractivity contribution in [1.82, 2.24) is 4.72 Å². The molecule has 6 heteroatoms. The summed E-state index contributed by atoms with van der Waals surface area (Å²) >= 11 is 0. The summed E-state index contributed by atoms with van der Waals surface area (Å²) in [5, 5.41) is 9.29. The summed E-state index contributed by atoms with van der Waals surface area (Å²) in [5.74, 6) is -1.06. The molecule has 0 saturated carbocycles. The van der Waals surface area contributed by atoms with E-state index in [0.29, 0.717) is 0 Å². The van der Waals surface area contributed by atoms with E-state index in [4.69, 9.17) is 0 Å². The lowest BCUT2D eigenvalue weighted by atomic mass is 9.75. The molecule has 5 nitrogen and oxygen atoms in total. The Morgan fingerprint density at radius 1 is 1.10 bits per heavy atom. The van der Waals surface area contributed by atoms with Crippen LogP contribution in [-0.4, -0.2) is 25.0 Å². The third kappa shape index (κ3) is 3.44. The number of nitrogens with one attached hydrogen (secondary N) is 1. The third-order valence-electron chi connectivity index (χ3n) is 4.28. The fraction of sp³-hybridized carbons (Fsp3) is 0.533. The van der Waals surface area contributed by atoms with Crippen molar-refractivity contribution in [2.24, 2.45) is 5.41 Å². The first-order chi connectivity index (χ1) is 9.31. The molecule has 0 amide bonds. The zero-order valence-electron chi connectivity index (χ0n) is 13.3. The number of carbonyl (C=O) groups is 1. The highest BCUT2D eigenvalue weighted by Gasteiger charge is 2.45. The van der Waals surface area contributed by atoms with Gasteiger partial charge in [-0.1, -0.05) is 6.07 Å². The van der Waals surface area contributed by atoms with Gasteiger partial charge in [0, 0.05) is 5.54 Å². The van der Waals surface area contributed by atoms with Crippen LogP contribution in [0.15, 0.2) is 23.1 Å². The molecule has 0 radical (unpaired) electrons. The molecule has 0 heterocycles. The monoisotopic (exact) mass is 313 g/mol. The molecule has 1 aromatic carbocycles. The number of carboxylic acids is 1. The molecule has 0 aliphatic rings. The molecule has 0 fully saturated rings. The van der Waals surface area contributed by atoms with Gasteiger partial charge in [0.25, 0.3) is 0 Å². The average molecular weight is 313 g/mol. The smallest absolute Gasteiger partial charge is 0.310 e. The van der Waals surface area contributed by atoms with Crippen LogP contribution in [0, 0.1) is 19.3 Å². The van der Waals surface area contributed by atoms with Crippen LogP contribution >= 0.6 is 0 Å². The van der Waals surface area contributed by atoms with Gasteiger partial charge in [-0.05, 0) is 64.8 Å². The van der Waals surface area contributed by atoms with Crippen molar-refractivity contribution in [3.05, 3.63) is 29.3 Å². The van der Waals surface area contributed by atoms with E-state index in [1.54, 1.807) is 26.0 Å². The van der Waals surface area contributed by atoms with E-state index in [-0.39, 0.29) is 4.90 Å². The minimum atomic E-state index is -3.79. The zero-order valence-corrected chi connectivity index (χ0v) is 14.1. The Bertz CT molecular complexity index is 660. The molecule has 21 heavy (non-hydrogen) atoms. The molecule has 1 aromatic rings. The fourth-order valence-corrected chi connectivity index (χ4v) is 3.29. The number of rotatable bonds is 5. The van der Waals surface area contributed by atoms with E-state index < -0.39 is 26.9 Å². The maximum absolute atomic E-state index is 12.5. The van der Waals surface area contributed by atoms with Crippen LogP contribution in [0.5, 0.6) is 0 Å². The van der Waals surface area contributed by atoms with Gasteiger partial charge in [-0.2, -0.15) is 0 Å². The van der Waals surface area contributed by atoms with Crippen molar-refractivity contribution in [2.75, 3.05) is 0 Å². The minimum Gasteiger partial charge on any atom is -0.481 e. The van der Waals surface area contributed by atoms with E-state index in [2.05, 4.69) is 4.72 Å². The molecule has 118 valence electrons. The molecular formula is C15H23NO4S. The Hall–Kier alpha value is -1.40. The molecule has 1 rings (SSSR count). The van der Waals surface area contributed by atoms with Gasteiger partial charge in [0.1, 0.15) is 0 Å². The Kier molecular flexibility index (Phi) is 4.56. The molecule has 0 aliphatic carbocycles. The van der Waals surface area contributed by atoms with Gasteiger partial charge in [0.15, 0.2) is 0 Å². The molecule has 0 bridgehead atoms. The number of aryl methyl sites for hydroxylation is 2. The zero-order chi connectivity index (χ0) is 16.6. The lowest BCUT2D eigenvalue weighted by molar-refractivity contribution is -0.150. The number of aliphatic carboxylic acids is 1. The summed E-state index contributed by atoms with van der Waals surface area (Å²) in [6.07, 6.45) is 0. The first-order valence-corrected chi connectivity index (χ1v) is 8.14. The van der Waals surface area contributed by atoms with Gasteiger partial charge >= 0.3 is 5.97 Å². The standard InChI is InChI=1S/C15H23NO4S/c1-10-7-8-12(9-11(10)2)21(19,20)16-15(5,6)14(3,4)13(17)18/h7-9,16H,1-6H3,(H,17,18). The molecule has 0 atom stereocenters. The van der Waals surface area contributed by atoms with E-state index in [0.717, 1.165) is 11.1 Å². The summed E-state index contributed by atoms with van der Waals surface area (Å²) in [4.78, 5) is 11.5. The highest BCUT2D eigenvalue weighted by atomic mass is 32.2. The number of hydrogen-bond donors (Lipinski definition) is 2. The van der Waals surface area contributed by atoms with Crippen molar-refractivity contribution in [3.8, 4) is 0 Å². The van der Waals surface area contributed by atoms with Crippen LogP contribution in [0.1, 0.15) is 38.8 Å². The van der Waals surface area contributed by atoms with Crippen LogP contribution < -0.4 is 4.72 Å². The van der Waals surface area contributed by atoms with Crippen molar-refractivity contribution in [2.45, 2.75) is 52.0 Å². The summed E-state index contributed by atoms with van der Waals surface area (Å²) in [7, 11) is -3.79. The molecule has 0 saturated heterocycles. The summed E-state index contributed by atoms with van der Waals surface area (Å²) < 4.78 is 27.5. The first-order valence-electron chi connectivity index (χ1n) is 6.66. The number of hydrogen-bond acceptors (Lipinski definition) is 3. The number of carboxylic acid groups (broad SMARTS) is 1. The predicted molar refractivity (Wildman–Crippen MR) is 81.7 cm³/mol. The van der Waals surface area contributed by atoms with E-state index in [9.17, 15) is 18.3 Å². The normalized spacial score (nSPS) is 13.2. The minimum absolute atomic E-state index is 0.139. The maximum Gasteiger partial charge on any atom is 0.310 e. The van der Waals surface area contributed by atoms with Crippen molar-refractivity contribution < 1.29 is 18.3 Å². The molecule has 0 unspecified atom stereocenters. The second-order valence-electron chi connectivity index (χ2n) is 6.41.